The van der Waals surface area contributed by atoms with Crippen LogP contribution in [0.2, 0.25) is 0 Å². The number of hydrogen-bond donors (Lipinski definition) is 4. The summed E-state index contributed by atoms with van der Waals surface area (Å²) in [5, 5.41) is 25.3. The van der Waals surface area contributed by atoms with E-state index in [2.05, 4.69) is 17.6 Å². The highest BCUT2D eigenvalue weighted by molar-refractivity contribution is 5.94. The normalized spacial score (nSPS) is 13.1. The predicted molar refractivity (Wildman–Crippen MR) is 201 cm³/mol. The van der Waals surface area contributed by atoms with Crippen molar-refractivity contribution in [1.29, 1.82) is 0 Å². The third-order valence-corrected chi connectivity index (χ3v) is 9.30. The molecule has 2 amide bonds. The van der Waals surface area contributed by atoms with Gasteiger partial charge in [0.2, 0.25) is 11.8 Å². The topological polar surface area (TPSA) is 133 Å². The Morgan fingerprint density at radius 2 is 1.04 bits per heavy atom. The van der Waals surface area contributed by atoms with E-state index in [0.717, 1.165) is 30.4 Å². The van der Waals surface area contributed by atoms with Crippen molar-refractivity contribution in [3.05, 3.63) is 59.7 Å². The fraction of sp³-hybridized carbons (Fsp3) is 0.619. The van der Waals surface area contributed by atoms with E-state index in [1.807, 2.05) is 13.8 Å². The molecule has 0 fully saturated rings. The number of aromatic hydroxyl groups is 2. The van der Waals surface area contributed by atoms with Gasteiger partial charge in [-0.15, -0.1) is 0 Å². The Labute approximate surface area is 301 Å². The molecule has 0 heterocycles. The number of rotatable bonds is 27. The van der Waals surface area contributed by atoms with E-state index < -0.39 is 23.9 Å². The molecular weight excluding hydrogens is 628 g/mol. The SMILES string of the molecule is CCCCCCCCCCCCCCCC(=O)N[C@@H](Cc1ccc(O)cc1)C(=O)C[C@@H](Cc1ccc(O)cc1)C(=O)N[C@@H](C)C(=O)CC(C)C. The minimum absolute atomic E-state index is 0.0753. The molecule has 50 heavy (non-hydrogen) atoms. The first-order chi connectivity index (χ1) is 24.0. The third-order valence-electron chi connectivity index (χ3n) is 9.30. The van der Waals surface area contributed by atoms with Crippen LogP contribution >= 0.6 is 0 Å². The number of ketones is 2. The number of phenolic OH excluding ortho intramolecular Hbond substituents is 2. The van der Waals surface area contributed by atoms with Crippen molar-refractivity contribution in [2.45, 2.75) is 155 Å². The average Bonchev–Trinajstić information content (AvgIpc) is 3.07. The van der Waals surface area contributed by atoms with E-state index in [1.54, 1.807) is 43.3 Å². The molecule has 0 aliphatic rings. The lowest BCUT2D eigenvalue weighted by Gasteiger charge is -2.23. The molecule has 8 heteroatoms. The van der Waals surface area contributed by atoms with Gasteiger partial charge in [-0.05, 0) is 67.5 Å². The molecule has 0 aliphatic carbocycles. The quantitative estimate of drug-likeness (QED) is 0.0694. The lowest BCUT2D eigenvalue weighted by molar-refractivity contribution is -0.133. The molecule has 0 spiro atoms. The van der Waals surface area contributed by atoms with Crippen LogP contribution in [0.5, 0.6) is 11.5 Å². The molecule has 0 bridgehead atoms. The molecule has 0 unspecified atom stereocenters. The minimum Gasteiger partial charge on any atom is -0.508 e. The zero-order chi connectivity index (χ0) is 36.7. The molecule has 3 atom stereocenters. The molecule has 278 valence electrons. The third kappa shape index (κ3) is 18.4. The van der Waals surface area contributed by atoms with Gasteiger partial charge in [-0.3, -0.25) is 19.2 Å². The molecule has 0 saturated heterocycles. The number of carbonyl (C=O) groups is 4. The molecule has 0 aliphatic heterocycles. The maximum Gasteiger partial charge on any atom is 0.224 e. The average molecular weight is 693 g/mol. The van der Waals surface area contributed by atoms with Gasteiger partial charge in [-0.2, -0.15) is 0 Å². The van der Waals surface area contributed by atoms with Crippen molar-refractivity contribution in [2.75, 3.05) is 0 Å². The molecule has 0 saturated carbocycles. The summed E-state index contributed by atoms with van der Waals surface area (Å²) < 4.78 is 0. The molecule has 2 aromatic rings. The number of Topliss-reactive ketones (excluding diaryl/α,β-unsaturated/α-hetero) is 2. The summed E-state index contributed by atoms with van der Waals surface area (Å²) in [5.74, 6) is -1.39. The Bertz CT molecular complexity index is 1270. The van der Waals surface area contributed by atoms with E-state index in [-0.39, 0.29) is 54.2 Å². The second-order valence-corrected chi connectivity index (χ2v) is 14.5. The first-order valence-corrected chi connectivity index (χ1v) is 19.2. The van der Waals surface area contributed by atoms with Crippen LogP contribution in [0.15, 0.2) is 48.5 Å². The number of hydrogen-bond acceptors (Lipinski definition) is 6. The summed E-state index contributed by atoms with van der Waals surface area (Å²) in [6.07, 6.45) is 16.8. The number of nitrogens with one attached hydrogen (secondary N) is 2. The van der Waals surface area contributed by atoms with E-state index in [1.165, 1.54) is 76.3 Å². The molecule has 8 nitrogen and oxygen atoms in total. The summed E-state index contributed by atoms with van der Waals surface area (Å²) in [7, 11) is 0. The molecule has 0 radical (unpaired) electrons. The van der Waals surface area contributed by atoms with Crippen molar-refractivity contribution in [3.8, 4) is 11.5 Å². The molecule has 2 rings (SSSR count). The van der Waals surface area contributed by atoms with Crippen LogP contribution in [0.1, 0.15) is 142 Å². The second-order valence-electron chi connectivity index (χ2n) is 14.5. The van der Waals surface area contributed by atoms with Gasteiger partial charge in [-0.25, -0.2) is 0 Å². The van der Waals surface area contributed by atoms with Crippen molar-refractivity contribution in [1.82, 2.24) is 10.6 Å². The number of benzene rings is 2. The highest BCUT2D eigenvalue weighted by Crippen LogP contribution is 2.20. The standard InChI is InChI=1S/C42H64N2O6/c1-5-6-7-8-9-10-11-12-13-14-15-16-17-18-41(49)44-38(29-34-21-25-37(46)26-22-34)40(48)30-35(28-33-19-23-36(45)24-20-33)42(50)43-32(4)39(47)27-31(2)3/h19-26,31-32,35,38,45-46H,5-18,27-30H2,1-4H3,(H,43,50)(H,44,49)/t32-,35+,38-/m0/s1. The Morgan fingerprint density at radius 3 is 1.52 bits per heavy atom. The number of phenols is 2. The lowest BCUT2D eigenvalue weighted by Crippen LogP contribution is -2.46. The summed E-state index contributed by atoms with van der Waals surface area (Å²) in [4.78, 5) is 53.2. The number of amides is 2. The minimum atomic E-state index is -0.857. The zero-order valence-electron chi connectivity index (χ0n) is 31.2. The molecule has 0 aromatic heterocycles. The molecule has 2 aromatic carbocycles. The first kappa shape index (κ1) is 42.5. The molecular formula is C42H64N2O6. The lowest BCUT2D eigenvalue weighted by atomic mass is 9.89. The Morgan fingerprint density at radius 1 is 0.580 bits per heavy atom. The Kier molecular flexibility index (Phi) is 20.8. The summed E-state index contributed by atoms with van der Waals surface area (Å²) >= 11 is 0. The van der Waals surface area contributed by atoms with Gasteiger partial charge in [0.15, 0.2) is 11.6 Å². The number of unbranched alkanes of at least 4 members (excludes halogenated alkanes) is 12. The first-order valence-electron chi connectivity index (χ1n) is 19.2. The Balaban J connectivity index is 2.00. The van der Waals surface area contributed by atoms with Crippen molar-refractivity contribution in [2.24, 2.45) is 11.8 Å². The van der Waals surface area contributed by atoms with E-state index in [0.29, 0.717) is 12.8 Å². The number of carbonyl (C=O) groups excluding carboxylic acids is 4. The fourth-order valence-corrected chi connectivity index (χ4v) is 6.23. The zero-order valence-corrected chi connectivity index (χ0v) is 31.2. The van der Waals surface area contributed by atoms with Crippen molar-refractivity contribution in [3.63, 3.8) is 0 Å². The predicted octanol–water partition coefficient (Wildman–Crippen LogP) is 8.54. The van der Waals surface area contributed by atoms with Crippen LogP contribution < -0.4 is 10.6 Å². The second kappa shape index (κ2) is 24.5. The highest BCUT2D eigenvalue weighted by Gasteiger charge is 2.30. The smallest absolute Gasteiger partial charge is 0.224 e. The van der Waals surface area contributed by atoms with Gasteiger partial charge in [-0.1, -0.05) is 122 Å². The van der Waals surface area contributed by atoms with E-state index in [9.17, 15) is 29.4 Å². The van der Waals surface area contributed by atoms with Crippen LogP contribution in [-0.4, -0.2) is 45.7 Å². The van der Waals surface area contributed by atoms with Crippen LogP contribution in [0.25, 0.3) is 0 Å². The monoisotopic (exact) mass is 692 g/mol. The van der Waals surface area contributed by atoms with Gasteiger partial charge in [0.05, 0.1) is 12.1 Å². The van der Waals surface area contributed by atoms with Crippen molar-refractivity contribution >= 4 is 23.4 Å². The van der Waals surface area contributed by atoms with E-state index in [4.69, 9.17) is 0 Å². The van der Waals surface area contributed by atoms with Crippen molar-refractivity contribution < 1.29 is 29.4 Å². The van der Waals surface area contributed by atoms with Gasteiger partial charge in [0.25, 0.3) is 0 Å². The van der Waals surface area contributed by atoms with Gasteiger partial charge >= 0.3 is 0 Å². The molecule has 4 N–H and O–H groups in total. The van der Waals surface area contributed by atoms with Gasteiger partial charge in [0, 0.05) is 25.2 Å². The highest BCUT2D eigenvalue weighted by atomic mass is 16.3. The van der Waals surface area contributed by atoms with Gasteiger partial charge < -0.3 is 20.8 Å². The summed E-state index contributed by atoms with van der Waals surface area (Å²) in [6, 6.07) is 11.5. The van der Waals surface area contributed by atoms with Crippen LogP contribution in [0.3, 0.4) is 0 Å². The maximum atomic E-state index is 13.9. The summed E-state index contributed by atoms with van der Waals surface area (Å²) in [6.45, 7) is 7.79. The Hall–Kier alpha value is -3.68. The van der Waals surface area contributed by atoms with E-state index >= 15 is 0 Å². The maximum absolute atomic E-state index is 13.9. The fourth-order valence-electron chi connectivity index (χ4n) is 6.23. The van der Waals surface area contributed by atoms with Crippen LogP contribution in [-0.2, 0) is 32.0 Å². The van der Waals surface area contributed by atoms with Crippen LogP contribution in [0, 0.1) is 11.8 Å². The largest absolute Gasteiger partial charge is 0.508 e. The van der Waals surface area contributed by atoms with Crippen LogP contribution in [0.4, 0.5) is 0 Å². The van der Waals surface area contributed by atoms with Gasteiger partial charge in [0.1, 0.15) is 11.5 Å². The summed E-state index contributed by atoms with van der Waals surface area (Å²) in [5.41, 5.74) is 1.54.